The maximum atomic E-state index is 3.26. The summed E-state index contributed by atoms with van der Waals surface area (Å²) in [5, 5.41) is 3.22. The van der Waals surface area contributed by atoms with Crippen LogP contribution in [0, 0.1) is 11.8 Å². The van der Waals surface area contributed by atoms with E-state index in [9.17, 15) is 0 Å². The third-order valence-corrected chi connectivity index (χ3v) is 2.34. The van der Waals surface area contributed by atoms with Gasteiger partial charge in [-0.05, 0) is 19.0 Å². The molecule has 0 bridgehead atoms. The molecule has 1 aromatic carbocycles. The van der Waals surface area contributed by atoms with E-state index < -0.39 is 0 Å². The molecule has 0 aliphatic rings. The lowest BCUT2D eigenvalue weighted by Gasteiger charge is -2.05. The normalized spacial score (nSPS) is 11.6. The van der Waals surface area contributed by atoms with Crippen molar-refractivity contribution >= 4 is 0 Å². The second kappa shape index (κ2) is 7.09. The van der Waals surface area contributed by atoms with Gasteiger partial charge in [-0.3, -0.25) is 0 Å². The topological polar surface area (TPSA) is 12.0 Å². The van der Waals surface area contributed by atoms with Crippen molar-refractivity contribution < 1.29 is 0 Å². The van der Waals surface area contributed by atoms with Crippen LogP contribution in [0.1, 0.15) is 25.3 Å². The molecule has 1 N–H and O–H groups in total. The smallest absolute Gasteiger partial charge is 0.0687 e. The molecule has 1 rings (SSSR count). The highest BCUT2D eigenvalue weighted by atomic mass is 14.8. The third-order valence-electron chi connectivity index (χ3n) is 2.34. The fourth-order valence-corrected chi connectivity index (χ4v) is 1.45. The predicted molar refractivity (Wildman–Crippen MR) is 65.7 cm³/mol. The van der Waals surface area contributed by atoms with Crippen molar-refractivity contribution in [2.24, 2.45) is 0 Å². The summed E-state index contributed by atoms with van der Waals surface area (Å²) < 4.78 is 0. The van der Waals surface area contributed by atoms with Crippen molar-refractivity contribution in [1.82, 2.24) is 5.32 Å². The second-order valence-corrected chi connectivity index (χ2v) is 3.61. The first-order valence-electron chi connectivity index (χ1n) is 5.56. The molecular weight excluding hydrogens is 182 g/mol. The fourth-order valence-electron chi connectivity index (χ4n) is 1.45. The molecule has 1 heteroatoms. The van der Waals surface area contributed by atoms with Crippen molar-refractivity contribution in [2.75, 3.05) is 7.05 Å². The van der Waals surface area contributed by atoms with Gasteiger partial charge >= 0.3 is 0 Å². The number of benzene rings is 1. The SMILES string of the molecule is CCCC(C#CCc1ccccc1)NC. The van der Waals surface area contributed by atoms with E-state index in [1.807, 2.05) is 13.1 Å². The molecule has 0 saturated heterocycles. The van der Waals surface area contributed by atoms with E-state index in [1.165, 1.54) is 12.0 Å². The van der Waals surface area contributed by atoms with Gasteiger partial charge in [0, 0.05) is 6.42 Å². The van der Waals surface area contributed by atoms with Crippen LogP contribution in [0.15, 0.2) is 30.3 Å². The Hall–Kier alpha value is -1.26. The summed E-state index contributed by atoms with van der Waals surface area (Å²) in [6.45, 7) is 2.18. The first-order chi connectivity index (χ1) is 7.36. The van der Waals surface area contributed by atoms with Crippen molar-refractivity contribution in [1.29, 1.82) is 0 Å². The van der Waals surface area contributed by atoms with Gasteiger partial charge in [-0.2, -0.15) is 0 Å². The summed E-state index contributed by atoms with van der Waals surface area (Å²) in [4.78, 5) is 0. The zero-order valence-corrected chi connectivity index (χ0v) is 9.59. The average molecular weight is 201 g/mol. The predicted octanol–water partition coefficient (Wildman–Crippen LogP) is 2.62. The molecule has 0 heterocycles. The van der Waals surface area contributed by atoms with Crippen LogP contribution in [0.3, 0.4) is 0 Å². The second-order valence-electron chi connectivity index (χ2n) is 3.61. The van der Waals surface area contributed by atoms with Gasteiger partial charge in [0.1, 0.15) is 0 Å². The van der Waals surface area contributed by atoms with Gasteiger partial charge in [0.25, 0.3) is 0 Å². The van der Waals surface area contributed by atoms with Gasteiger partial charge < -0.3 is 5.32 Å². The van der Waals surface area contributed by atoms with Crippen LogP contribution >= 0.6 is 0 Å². The molecule has 15 heavy (non-hydrogen) atoms. The van der Waals surface area contributed by atoms with Crippen molar-refractivity contribution in [3.05, 3.63) is 35.9 Å². The standard InChI is InChI=1S/C14H19N/c1-3-8-14(15-2)12-7-11-13-9-5-4-6-10-13/h4-6,9-10,14-15H,3,8,11H2,1-2H3. The molecule has 1 nitrogen and oxygen atoms in total. The minimum Gasteiger partial charge on any atom is -0.307 e. The first-order valence-corrected chi connectivity index (χ1v) is 5.56. The third kappa shape index (κ3) is 4.67. The Morgan fingerprint density at radius 2 is 2.00 bits per heavy atom. The number of hydrogen-bond donors (Lipinski definition) is 1. The Kier molecular flexibility index (Phi) is 5.58. The molecule has 0 radical (unpaired) electrons. The van der Waals surface area contributed by atoms with Gasteiger partial charge in [-0.15, -0.1) is 0 Å². The molecule has 0 aliphatic carbocycles. The molecular formula is C14H19N. The van der Waals surface area contributed by atoms with Crippen molar-refractivity contribution in [3.63, 3.8) is 0 Å². The van der Waals surface area contributed by atoms with E-state index in [-0.39, 0.29) is 0 Å². The number of rotatable bonds is 4. The summed E-state index contributed by atoms with van der Waals surface area (Å²) in [5.41, 5.74) is 1.29. The maximum Gasteiger partial charge on any atom is 0.0687 e. The molecule has 0 amide bonds. The zero-order valence-electron chi connectivity index (χ0n) is 9.59. The summed E-state index contributed by atoms with van der Waals surface area (Å²) in [5.74, 6) is 6.48. The van der Waals surface area contributed by atoms with Crippen LogP contribution in [0.4, 0.5) is 0 Å². The van der Waals surface area contributed by atoms with E-state index in [0.29, 0.717) is 6.04 Å². The van der Waals surface area contributed by atoms with Crippen molar-refractivity contribution in [3.8, 4) is 11.8 Å². The number of nitrogens with one attached hydrogen (secondary N) is 1. The van der Waals surface area contributed by atoms with Gasteiger partial charge in [-0.25, -0.2) is 0 Å². The minimum atomic E-state index is 0.346. The summed E-state index contributed by atoms with van der Waals surface area (Å²) in [6, 6.07) is 10.7. The van der Waals surface area contributed by atoms with Crippen LogP contribution in [-0.4, -0.2) is 13.1 Å². The van der Waals surface area contributed by atoms with Crippen molar-refractivity contribution in [2.45, 2.75) is 32.2 Å². The molecule has 0 saturated carbocycles. The monoisotopic (exact) mass is 201 g/mol. The maximum absolute atomic E-state index is 3.26. The summed E-state index contributed by atoms with van der Waals surface area (Å²) >= 11 is 0. The fraction of sp³-hybridized carbons (Fsp3) is 0.429. The van der Waals surface area contributed by atoms with E-state index in [1.54, 1.807) is 0 Å². The highest BCUT2D eigenvalue weighted by Crippen LogP contribution is 1.99. The van der Waals surface area contributed by atoms with E-state index in [2.05, 4.69) is 48.3 Å². The molecule has 1 atom stereocenters. The lowest BCUT2D eigenvalue weighted by Crippen LogP contribution is -2.22. The average Bonchev–Trinajstić information content (AvgIpc) is 2.29. The molecule has 80 valence electrons. The Bertz CT molecular complexity index is 318. The highest BCUT2D eigenvalue weighted by molar-refractivity contribution is 5.21. The summed E-state index contributed by atoms with van der Waals surface area (Å²) in [7, 11) is 1.97. The Morgan fingerprint density at radius 1 is 1.27 bits per heavy atom. The number of hydrogen-bond acceptors (Lipinski definition) is 1. The zero-order chi connectivity index (χ0) is 10.9. The van der Waals surface area contributed by atoms with Gasteiger partial charge in [0.15, 0.2) is 0 Å². The van der Waals surface area contributed by atoms with E-state index in [4.69, 9.17) is 0 Å². The Balaban J connectivity index is 2.45. The largest absolute Gasteiger partial charge is 0.307 e. The van der Waals surface area contributed by atoms with E-state index in [0.717, 1.165) is 12.8 Å². The molecule has 1 aromatic rings. The van der Waals surface area contributed by atoms with E-state index >= 15 is 0 Å². The van der Waals surface area contributed by atoms with Crippen LogP contribution in [0.25, 0.3) is 0 Å². The van der Waals surface area contributed by atoms with Crippen LogP contribution < -0.4 is 5.32 Å². The van der Waals surface area contributed by atoms with Crippen LogP contribution in [-0.2, 0) is 6.42 Å². The van der Waals surface area contributed by atoms with Gasteiger partial charge in [-0.1, -0.05) is 55.5 Å². The first kappa shape index (κ1) is 11.8. The molecule has 0 fully saturated rings. The Labute approximate surface area is 92.9 Å². The molecule has 0 aromatic heterocycles. The van der Waals surface area contributed by atoms with Crippen LogP contribution in [0.2, 0.25) is 0 Å². The lowest BCUT2D eigenvalue weighted by atomic mass is 10.1. The Morgan fingerprint density at radius 3 is 2.60 bits per heavy atom. The minimum absolute atomic E-state index is 0.346. The molecule has 1 unspecified atom stereocenters. The van der Waals surface area contributed by atoms with Crippen LogP contribution in [0.5, 0.6) is 0 Å². The van der Waals surface area contributed by atoms with Gasteiger partial charge in [0.05, 0.1) is 6.04 Å². The quantitative estimate of drug-likeness (QED) is 0.738. The molecule has 0 spiro atoms. The highest BCUT2D eigenvalue weighted by Gasteiger charge is 1.97. The molecule has 0 aliphatic heterocycles. The van der Waals surface area contributed by atoms with Gasteiger partial charge in [0.2, 0.25) is 0 Å². The summed E-state index contributed by atoms with van der Waals surface area (Å²) in [6.07, 6.45) is 3.15. The lowest BCUT2D eigenvalue weighted by molar-refractivity contribution is 0.620.